The predicted octanol–water partition coefficient (Wildman–Crippen LogP) is 2.21. The van der Waals surface area contributed by atoms with Gasteiger partial charge in [-0.1, -0.05) is 12.1 Å². The molecular weight excluding hydrogens is 332 g/mol. The third-order valence-electron chi connectivity index (χ3n) is 6.29. The molecule has 0 spiro atoms. The maximum atomic E-state index is 9.55. The van der Waals surface area contributed by atoms with E-state index in [9.17, 15) is 9.59 Å². The second kappa shape index (κ2) is 7.11. The number of anilines is 1. The number of fused-ring (bicyclic) bond motifs is 5. The first-order valence-electron chi connectivity index (χ1n) is 9.01. The normalized spacial score (nSPS) is 32.3. The number of likely N-dealkylation sites (tertiary alicyclic amines) is 1. The number of rotatable bonds is 3. The molecule has 4 unspecified atom stereocenters. The highest BCUT2D eigenvalue weighted by molar-refractivity contribution is 5.89. The van der Waals surface area contributed by atoms with E-state index < -0.39 is 11.9 Å². The van der Waals surface area contributed by atoms with Crippen molar-refractivity contribution in [2.24, 2.45) is 17.8 Å². The van der Waals surface area contributed by atoms with E-state index in [2.05, 4.69) is 36.2 Å². The molecule has 26 heavy (non-hydrogen) atoms. The van der Waals surface area contributed by atoms with Gasteiger partial charge < -0.3 is 20.8 Å². The lowest BCUT2D eigenvalue weighted by Crippen LogP contribution is -2.40. The van der Waals surface area contributed by atoms with E-state index in [4.69, 9.17) is 15.9 Å². The Bertz CT molecular complexity index is 699. The Balaban J connectivity index is 0.000000211. The van der Waals surface area contributed by atoms with Gasteiger partial charge in [0.2, 0.25) is 0 Å². The van der Waals surface area contributed by atoms with Gasteiger partial charge in [-0.15, -0.1) is 0 Å². The molecule has 1 aromatic carbocycles. The van der Waals surface area contributed by atoms with Crippen LogP contribution < -0.4 is 5.73 Å². The largest absolute Gasteiger partial charge is 0.478 e. The Kier molecular flexibility index (Phi) is 5.05. The highest BCUT2D eigenvalue weighted by atomic mass is 16.4. The SMILES string of the molecule is CN1CC2C3CCC(C3)C2(c2ccc(N)cc2)C1.O=C(O)/C=C/C(=O)O. The fourth-order valence-electron chi connectivity index (χ4n) is 5.46. The van der Waals surface area contributed by atoms with Crippen LogP contribution in [0.5, 0.6) is 0 Å². The molecule has 1 heterocycles. The van der Waals surface area contributed by atoms with Crippen molar-refractivity contribution in [3.8, 4) is 0 Å². The Morgan fingerprint density at radius 3 is 2.35 bits per heavy atom. The molecule has 0 aromatic heterocycles. The summed E-state index contributed by atoms with van der Waals surface area (Å²) in [6.07, 6.45) is 5.51. The minimum absolute atomic E-state index is 0.450. The first-order chi connectivity index (χ1) is 12.3. The summed E-state index contributed by atoms with van der Waals surface area (Å²) in [5, 5.41) is 15.6. The highest BCUT2D eigenvalue weighted by Gasteiger charge is 2.61. The summed E-state index contributed by atoms with van der Waals surface area (Å²) in [6, 6.07) is 8.77. The Morgan fingerprint density at radius 2 is 1.77 bits per heavy atom. The molecule has 3 aliphatic rings. The lowest BCUT2D eigenvalue weighted by atomic mass is 9.64. The van der Waals surface area contributed by atoms with Crippen molar-refractivity contribution in [3.05, 3.63) is 42.0 Å². The number of nitrogens with zero attached hydrogens (tertiary/aromatic N) is 1. The van der Waals surface area contributed by atoms with Gasteiger partial charge in [0.05, 0.1) is 0 Å². The van der Waals surface area contributed by atoms with Crippen LogP contribution in [0.3, 0.4) is 0 Å². The average Bonchev–Trinajstić information content (AvgIpc) is 3.25. The van der Waals surface area contributed by atoms with E-state index in [0.29, 0.717) is 17.6 Å². The van der Waals surface area contributed by atoms with E-state index >= 15 is 0 Å². The van der Waals surface area contributed by atoms with Gasteiger partial charge in [-0.25, -0.2) is 9.59 Å². The Hall–Kier alpha value is -2.34. The van der Waals surface area contributed by atoms with E-state index in [1.165, 1.54) is 32.4 Å². The van der Waals surface area contributed by atoms with E-state index in [1.54, 1.807) is 5.56 Å². The molecule has 4 atom stereocenters. The summed E-state index contributed by atoms with van der Waals surface area (Å²) in [4.78, 5) is 21.7. The maximum Gasteiger partial charge on any atom is 0.328 e. The number of nitrogen functional groups attached to an aromatic ring is 1. The van der Waals surface area contributed by atoms with Gasteiger partial charge in [0.1, 0.15) is 0 Å². The van der Waals surface area contributed by atoms with Gasteiger partial charge in [0.25, 0.3) is 0 Å². The smallest absolute Gasteiger partial charge is 0.328 e. The number of likely N-dealkylation sites (N-methyl/N-ethyl adjacent to an activating group) is 1. The number of nitrogens with two attached hydrogens (primary N) is 1. The van der Waals surface area contributed by atoms with Gasteiger partial charge in [0.15, 0.2) is 0 Å². The molecule has 2 bridgehead atoms. The third-order valence-corrected chi connectivity index (χ3v) is 6.29. The van der Waals surface area contributed by atoms with E-state index in [1.807, 2.05) is 0 Å². The molecule has 140 valence electrons. The molecule has 1 aliphatic heterocycles. The summed E-state index contributed by atoms with van der Waals surface area (Å²) >= 11 is 0. The molecule has 6 heteroatoms. The fraction of sp³-hybridized carbons (Fsp3) is 0.500. The monoisotopic (exact) mass is 358 g/mol. The number of hydrogen-bond acceptors (Lipinski definition) is 4. The van der Waals surface area contributed by atoms with Crippen molar-refractivity contribution in [1.29, 1.82) is 0 Å². The lowest BCUT2D eigenvalue weighted by Gasteiger charge is -2.39. The maximum absolute atomic E-state index is 9.55. The highest BCUT2D eigenvalue weighted by Crippen LogP contribution is 2.63. The van der Waals surface area contributed by atoms with Crippen LogP contribution in [0.2, 0.25) is 0 Å². The summed E-state index contributed by atoms with van der Waals surface area (Å²) in [6.45, 7) is 2.55. The van der Waals surface area contributed by atoms with Gasteiger partial charge in [-0.2, -0.15) is 0 Å². The van der Waals surface area contributed by atoms with Crippen LogP contribution in [0.15, 0.2) is 36.4 Å². The van der Waals surface area contributed by atoms with Gasteiger partial charge >= 0.3 is 11.9 Å². The lowest BCUT2D eigenvalue weighted by molar-refractivity contribution is -0.134. The summed E-state index contributed by atoms with van der Waals surface area (Å²) in [7, 11) is 2.29. The van der Waals surface area contributed by atoms with Crippen LogP contribution >= 0.6 is 0 Å². The number of aliphatic carboxylic acids is 2. The third kappa shape index (κ3) is 3.33. The van der Waals surface area contributed by atoms with Crippen molar-refractivity contribution < 1.29 is 19.8 Å². The Morgan fingerprint density at radius 1 is 1.15 bits per heavy atom. The molecule has 4 rings (SSSR count). The van der Waals surface area contributed by atoms with Crippen molar-refractivity contribution in [2.45, 2.75) is 24.7 Å². The van der Waals surface area contributed by atoms with Gasteiger partial charge in [-0.3, -0.25) is 0 Å². The minimum atomic E-state index is -1.26. The average molecular weight is 358 g/mol. The zero-order valence-electron chi connectivity index (χ0n) is 15.0. The topological polar surface area (TPSA) is 104 Å². The van der Waals surface area contributed by atoms with Crippen molar-refractivity contribution in [2.75, 3.05) is 25.9 Å². The quantitative estimate of drug-likeness (QED) is 0.565. The van der Waals surface area contributed by atoms with Crippen molar-refractivity contribution in [3.63, 3.8) is 0 Å². The van der Waals surface area contributed by atoms with E-state index in [0.717, 1.165) is 23.4 Å². The first-order valence-corrected chi connectivity index (χ1v) is 9.01. The summed E-state index contributed by atoms with van der Waals surface area (Å²) in [5.74, 6) is 0.281. The zero-order valence-corrected chi connectivity index (χ0v) is 15.0. The summed E-state index contributed by atoms with van der Waals surface area (Å²) < 4.78 is 0. The second-order valence-corrected chi connectivity index (χ2v) is 7.75. The molecule has 4 N–H and O–H groups in total. The van der Waals surface area contributed by atoms with Crippen molar-refractivity contribution >= 4 is 17.6 Å². The molecule has 2 saturated carbocycles. The molecule has 2 aliphatic carbocycles. The van der Waals surface area contributed by atoms with E-state index in [-0.39, 0.29) is 0 Å². The number of benzene rings is 1. The fourth-order valence-corrected chi connectivity index (χ4v) is 5.46. The van der Waals surface area contributed by atoms with Crippen molar-refractivity contribution in [1.82, 2.24) is 4.90 Å². The Labute approximate surface area is 153 Å². The van der Waals surface area contributed by atoms with Crippen LogP contribution in [-0.4, -0.2) is 47.2 Å². The van der Waals surface area contributed by atoms with Crippen LogP contribution in [0.1, 0.15) is 24.8 Å². The second-order valence-electron chi connectivity index (χ2n) is 7.75. The molecule has 0 radical (unpaired) electrons. The molecule has 6 nitrogen and oxygen atoms in total. The number of carbonyl (C=O) groups is 2. The van der Waals surface area contributed by atoms with Crippen LogP contribution in [-0.2, 0) is 15.0 Å². The molecule has 3 fully saturated rings. The van der Waals surface area contributed by atoms with Crippen LogP contribution in [0.4, 0.5) is 5.69 Å². The number of hydrogen-bond donors (Lipinski definition) is 3. The first kappa shape index (κ1) is 18.5. The van der Waals surface area contributed by atoms with Crippen LogP contribution in [0.25, 0.3) is 0 Å². The van der Waals surface area contributed by atoms with Gasteiger partial charge in [-0.05, 0) is 61.8 Å². The van der Waals surface area contributed by atoms with Gasteiger partial charge in [0, 0.05) is 36.3 Å². The zero-order chi connectivity index (χ0) is 18.9. The van der Waals surface area contributed by atoms with Crippen LogP contribution in [0, 0.1) is 17.8 Å². The standard InChI is InChI=1S/C16H22N2.C4H4O4/c1-18-9-15-11-2-3-13(8-11)16(15,10-18)12-4-6-14(17)7-5-12;5-3(6)1-2-4(7)8/h4-7,11,13,15H,2-3,8-10,17H2,1H3;1-2H,(H,5,6)(H,7,8)/b;2-1+. The number of carboxylic acid groups (broad SMARTS) is 2. The number of carboxylic acids is 2. The minimum Gasteiger partial charge on any atom is -0.478 e. The molecule has 0 amide bonds. The molecular formula is C20H26N2O4. The molecule has 1 saturated heterocycles. The summed E-state index contributed by atoms with van der Waals surface area (Å²) in [5.41, 5.74) is 8.75. The predicted molar refractivity (Wildman–Crippen MR) is 98.8 cm³/mol. The molecule has 1 aromatic rings.